The summed E-state index contributed by atoms with van der Waals surface area (Å²) in [6.45, 7) is 6.84. The van der Waals surface area contributed by atoms with Gasteiger partial charge in [0, 0.05) is 7.11 Å². The van der Waals surface area contributed by atoms with Gasteiger partial charge in [-0.1, -0.05) is 39.3 Å². The standard InChI is InChI=1S/C12H24O2/c1-5-12(2,3)10-11(14-4)8-6-7-9-13/h6-7,11,13H,5,8-10H2,1-4H3/b7-6+. The van der Waals surface area contributed by atoms with Crippen LogP contribution in [-0.4, -0.2) is 24.9 Å². The summed E-state index contributed by atoms with van der Waals surface area (Å²) in [7, 11) is 1.75. The van der Waals surface area contributed by atoms with E-state index in [1.165, 1.54) is 0 Å². The van der Waals surface area contributed by atoms with E-state index in [1.807, 2.05) is 6.08 Å². The summed E-state index contributed by atoms with van der Waals surface area (Å²) in [6, 6.07) is 0. The van der Waals surface area contributed by atoms with E-state index >= 15 is 0 Å². The molecule has 0 aliphatic heterocycles. The van der Waals surface area contributed by atoms with Gasteiger partial charge in [0.25, 0.3) is 0 Å². The summed E-state index contributed by atoms with van der Waals surface area (Å²) in [6.07, 6.45) is 7.14. The molecule has 0 aliphatic rings. The van der Waals surface area contributed by atoms with E-state index in [-0.39, 0.29) is 12.7 Å². The Bertz CT molecular complexity index is 162. The molecule has 0 saturated heterocycles. The third-order valence-electron chi connectivity index (χ3n) is 2.74. The van der Waals surface area contributed by atoms with Crippen LogP contribution < -0.4 is 0 Å². The lowest BCUT2D eigenvalue weighted by molar-refractivity contribution is 0.0626. The number of methoxy groups -OCH3 is 1. The lowest BCUT2D eigenvalue weighted by atomic mass is 9.83. The highest BCUT2D eigenvalue weighted by Crippen LogP contribution is 2.28. The van der Waals surface area contributed by atoms with Crippen LogP contribution in [0.5, 0.6) is 0 Å². The molecule has 0 rings (SSSR count). The number of aliphatic hydroxyl groups is 1. The molecule has 0 aromatic carbocycles. The Morgan fingerprint density at radius 3 is 2.43 bits per heavy atom. The van der Waals surface area contributed by atoms with Crippen molar-refractivity contribution in [2.45, 2.75) is 46.1 Å². The Kier molecular flexibility index (Phi) is 6.85. The van der Waals surface area contributed by atoms with Gasteiger partial charge in [-0.25, -0.2) is 0 Å². The van der Waals surface area contributed by atoms with Crippen LogP contribution in [0.3, 0.4) is 0 Å². The van der Waals surface area contributed by atoms with Crippen molar-refractivity contribution in [1.82, 2.24) is 0 Å². The summed E-state index contributed by atoms with van der Waals surface area (Å²) in [4.78, 5) is 0. The molecule has 0 aromatic heterocycles. The lowest BCUT2D eigenvalue weighted by Crippen LogP contribution is -2.21. The smallest absolute Gasteiger partial charge is 0.0612 e. The highest BCUT2D eigenvalue weighted by molar-refractivity contribution is 4.85. The van der Waals surface area contributed by atoms with E-state index in [0.29, 0.717) is 5.41 Å². The highest BCUT2D eigenvalue weighted by Gasteiger charge is 2.20. The lowest BCUT2D eigenvalue weighted by Gasteiger charge is -2.27. The molecule has 0 amide bonds. The van der Waals surface area contributed by atoms with Crippen LogP contribution in [0.2, 0.25) is 0 Å². The molecule has 1 N–H and O–H groups in total. The first-order chi connectivity index (χ1) is 6.55. The van der Waals surface area contributed by atoms with Crippen LogP contribution in [-0.2, 0) is 4.74 Å². The van der Waals surface area contributed by atoms with Crippen molar-refractivity contribution in [3.63, 3.8) is 0 Å². The molecule has 0 heterocycles. The van der Waals surface area contributed by atoms with E-state index in [2.05, 4.69) is 20.8 Å². The molecule has 2 heteroatoms. The van der Waals surface area contributed by atoms with Crippen LogP contribution in [0, 0.1) is 5.41 Å². The second-order valence-electron chi connectivity index (χ2n) is 4.47. The summed E-state index contributed by atoms with van der Waals surface area (Å²) in [5.74, 6) is 0. The van der Waals surface area contributed by atoms with Crippen LogP contribution in [0.15, 0.2) is 12.2 Å². The molecule has 14 heavy (non-hydrogen) atoms. The van der Waals surface area contributed by atoms with Crippen molar-refractivity contribution in [3.05, 3.63) is 12.2 Å². The van der Waals surface area contributed by atoms with Gasteiger partial charge in [-0.2, -0.15) is 0 Å². The minimum Gasteiger partial charge on any atom is -0.392 e. The van der Waals surface area contributed by atoms with Gasteiger partial charge in [0.2, 0.25) is 0 Å². The minimum absolute atomic E-state index is 0.119. The van der Waals surface area contributed by atoms with Gasteiger partial charge >= 0.3 is 0 Å². The molecule has 0 saturated carbocycles. The number of hydrogen-bond acceptors (Lipinski definition) is 2. The second kappa shape index (κ2) is 7.02. The SMILES string of the molecule is CCC(C)(C)CC(C/C=C/CO)OC. The number of aliphatic hydroxyl groups excluding tert-OH is 1. The van der Waals surface area contributed by atoms with Gasteiger partial charge in [-0.3, -0.25) is 0 Å². The Balaban J connectivity index is 3.96. The largest absolute Gasteiger partial charge is 0.392 e. The van der Waals surface area contributed by atoms with Crippen LogP contribution in [0.1, 0.15) is 40.0 Å². The minimum atomic E-state index is 0.119. The van der Waals surface area contributed by atoms with Crippen molar-refractivity contribution in [3.8, 4) is 0 Å². The average molecular weight is 200 g/mol. The van der Waals surface area contributed by atoms with Gasteiger partial charge in [0.1, 0.15) is 0 Å². The van der Waals surface area contributed by atoms with Gasteiger partial charge in [0.05, 0.1) is 12.7 Å². The summed E-state index contributed by atoms with van der Waals surface area (Å²) in [5, 5.41) is 8.60. The van der Waals surface area contributed by atoms with E-state index in [0.717, 1.165) is 19.3 Å². The predicted octanol–water partition coefficient (Wildman–Crippen LogP) is 2.77. The van der Waals surface area contributed by atoms with Crippen LogP contribution in [0.25, 0.3) is 0 Å². The predicted molar refractivity (Wildman–Crippen MR) is 60.3 cm³/mol. The van der Waals surface area contributed by atoms with E-state index < -0.39 is 0 Å². The Hall–Kier alpha value is -0.340. The first-order valence-corrected chi connectivity index (χ1v) is 5.34. The molecular weight excluding hydrogens is 176 g/mol. The summed E-state index contributed by atoms with van der Waals surface area (Å²) in [5.41, 5.74) is 0.341. The van der Waals surface area contributed by atoms with Gasteiger partial charge < -0.3 is 9.84 Å². The van der Waals surface area contributed by atoms with Gasteiger partial charge in [0.15, 0.2) is 0 Å². The Morgan fingerprint density at radius 2 is 2.00 bits per heavy atom. The van der Waals surface area contributed by atoms with E-state index in [1.54, 1.807) is 13.2 Å². The Morgan fingerprint density at radius 1 is 1.36 bits per heavy atom. The number of hydrogen-bond donors (Lipinski definition) is 1. The summed E-state index contributed by atoms with van der Waals surface area (Å²) < 4.78 is 5.40. The molecule has 0 bridgehead atoms. The number of ether oxygens (including phenoxy) is 1. The molecule has 0 aliphatic carbocycles. The van der Waals surface area contributed by atoms with Gasteiger partial charge in [-0.15, -0.1) is 0 Å². The van der Waals surface area contributed by atoms with Crippen LogP contribution in [0.4, 0.5) is 0 Å². The number of rotatable bonds is 7. The molecule has 1 unspecified atom stereocenters. The maximum Gasteiger partial charge on any atom is 0.0612 e. The second-order valence-corrected chi connectivity index (χ2v) is 4.47. The molecule has 84 valence electrons. The first-order valence-electron chi connectivity index (χ1n) is 5.34. The fourth-order valence-corrected chi connectivity index (χ4v) is 1.35. The van der Waals surface area contributed by atoms with E-state index in [4.69, 9.17) is 9.84 Å². The van der Waals surface area contributed by atoms with Gasteiger partial charge in [-0.05, 0) is 18.3 Å². The normalized spacial score (nSPS) is 14.9. The molecular formula is C12H24O2. The third-order valence-corrected chi connectivity index (χ3v) is 2.74. The van der Waals surface area contributed by atoms with Crippen molar-refractivity contribution >= 4 is 0 Å². The monoisotopic (exact) mass is 200 g/mol. The highest BCUT2D eigenvalue weighted by atomic mass is 16.5. The maximum atomic E-state index is 8.60. The summed E-state index contributed by atoms with van der Waals surface area (Å²) >= 11 is 0. The molecule has 0 spiro atoms. The quantitative estimate of drug-likeness (QED) is 0.640. The van der Waals surface area contributed by atoms with Crippen molar-refractivity contribution < 1.29 is 9.84 Å². The molecule has 2 nitrogen and oxygen atoms in total. The topological polar surface area (TPSA) is 29.5 Å². The van der Waals surface area contributed by atoms with Crippen LogP contribution >= 0.6 is 0 Å². The van der Waals surface area contributed by atoms with Crippen molar-refractivity contribution in [1.29, 1.82) is 0 Å². The average Bonchev–Trinajstić information content (AvgIpc) is 2.16. The first kappa shape index (κ1) is 13.7. The zero-order valence-electron chi connectivity index (χ0n) is 9.92. The molecule has 1 atom stereocenters. The maximum absolute atomic E-state index is 8.60. The molecule has 0 fully saturated rings. The zero-order valence-corrected chi connectivity index (χ0v) is 9.92. The Labute approximate surface area is 88.0 Å². The van der Waals surface area contributed by atoms with E-state index in [9.17, 15) is 0 Å². The fourth-order valence-electron chi connectivity index (χ4n) is 1.35. The van der Waals surface area contributed by atoms with Crippen molar-refractivity contribution in [2.24, 2.45) is 5.41 Å². The molecule has 0 radical (unpaired) electrons. The molecule has 0 aromatic rings. The zero-order chi connectivity index (χ0) is 11.0. The third kappa shape index (κ3) is 6.17. The fraction of sp³-hybridized carbons (Fsp3) is 0.833. The van der Waals surface area contributed by atoms with Crippen molar-refractivity contribution in [2.75, 3.05) is 13.7 Å².